The molecule has 1 aliphatic heterocycles. The molecule has 2 heterocycles. The Labute approximate surface area is 134 Å². The fraction of sp³-hybridized carbons (Fsp3) is 0.500. The molecule has 0 spiro atoms. The van der Waals surface area contributed by atoms with Crippen molar-refractivity contribution in [2.75, 3.05) is 24.6 Å². The minimum absolute atomic E-state index is 0.400. The van der Waals surface area contributed by atoms with Crippen LogP contribution in [0.5, 0.6) is 0 Å². The van der Waals surface area contributed by atoms with E-state index < -0.39 is 36.8 Å². The fourth-order valence-electron chi connectivity index (χ4n) is 2.20. The fourth-order valence-corrected chi connectivity index (χ4v) is 2.20. The van der Waals surface area contributed by atoms with E-state index in [2.05, 4.69) is 9.72 Å². The number of aromatic nitrogens is 1. The molecule has 0 unspecified atom stereocenters. The van der Waals surface area contributed by atoms with Gasteiger partial charge in [-0.05, 0) is 12.1 Å². The van der Waals surface area contributed by atoms with Gasteiger partial charge in [0.1, 0.15) is 11.9 Å². The number of pyridine rings is 1. The molecule has 2 rings (SSSR count). The molecule has 0 amide bonds. The molecule has 1 aliphatic rings. The van der Waals surface area contributed by atoms with E-state index in [-0.39, 0.29) is 0 Å². The molecule has 0 saturated carbocycles. The maximum atomic E-state index is 13.1. The number of esters is 2. The molecule has 0 N–H and O–H groups in total. The van der Waals surface area contributed by atoms with Gasteiger partial charge >= 0.3 is 18.1 Å². The monoisotopic (exact) mass is 350 g/mol. The first-order valence-corrected chi connectivity index (χ1v) is 7.06. The molecular formula is C14H14F4N2O4. The first-order valence-electron chi connectivity index (χ1n) is 7.06. The van der Waals surface area contributed by atoms with Crippen LogP contribution >= 0.6 is 0 Å². The number of piperidine rings is 1. The van der Waals surface area contributed by atoms with Crippen LogP contribution in [0.2, 0.25) is 0 Å². The number of alkyl halides is 3. The minimum atomic E-state index is -5.15. The largest absolute Gasteiger partial charge is 0.490 e. The normalized spacial score (nSPS) is 15.9. The van der Waals surface area contributed by atoms with Crippen LogP contribution < -0.4 is 4.90 Å². The summed E-state index contributed by atoms with van der Waals surface area (Å²) in [5.41, 5.74) is 0. The van der Waals surface area contributed by atoms with Gasteiger partial charge in [-0.3, -0.25) is 0 Å². The summed E-state index contributed by atoms with van der Waals surface area (Å²) in [7, 11) is 0. The van der Waals surface area contributed by atoms with Crippen molar-refractivity contribution in [1.29, 1.82) is 0 Å². The van der Waals surface area contributed by atoms with Crippen LogP contribution in [0.3, 0.4) is 0 Å². The van der Waals surface area contributed by atoms with Crippen LogP contribution in [0.4, 0.5) is 23.4 Å². The van der Waals surface area contributed by atoms with Gasteiger partial charge in [0.15, 0.2) is 6.61 Å². The Bertz CT molecular complexity index is 601. The Kier molecular flexibility index (Phi) is 5.58. The summed E-state index contributed by atoms with van der Waals surface area (Å²) in [6, 6.07) is 4.39. The molecule has 0 aromatic carbocycles. The maximum Gasteiger partial charge on any atom is 0.490 e. The minimum Gasteiger partial charge on any atom is -0.460 e. The third-order valence-corrected chi connectivity index (χ3v) is 3.32. The molecule has 0 bridgehead atoms. The molecule has 1 aromatic rings. The molecule has 1 fully saturated rings. The van der Waals surface area contributed by atoms with Crippen molar-refractivity contribution in [3.63, 3.8) is 0 Å². The summed E-state index contributed by atoms with van der Waals surface area (Å²) < 4.78 is 57.6. The van der Waals surface area contributed by atoms with Gasteiger partial charge in [0, 0.05) is 25.9 Å². The summed E-state index contributed by atoms with van der Waals surface area (Å²) in [5.74, 6) is -3.63. The lowest BCUT2D eigenvalue weighted by Crippen LogP contribution is -2.39. The van der Waals surface area contributed by atoms with E-state index in [4.69, 9.17) is 4.74 Å². The lowest BCUT2D eigenvalue weighted by molar-refractivity contribution is -0.202. The predicted octanol–water partition coefficient (Wildman–Crippen LogP) is 1.84. The molecule has 0 atom stereocenters. The SMILES string of the molecule is O=C(COC(=O)C(F)(F)F)OC1CCN(c2cccc(F)n2)CC1. The summed E-state index contributed by atoms with van der Waals surface area (Å²) in [6.07, 6.45) is -4.86. The lowest BCUT2D eigenvalue weighted by atomic mass is 10.1. The molecule has 6 nitrogen and oxygen atoms in total. The van der Waals surface area contributed by atoms with Crippen LogP contribution in [-0.4, -0.2) is 48.9 Å². The number of ether oxygens (including phenoxy) is 2. The van der Waals surface area contributed by atoms with E-state index in [0.717, 1.165) is 0 Å². The van der Waals surface area contributed by atoms with Gasteiger partial charge in [0.2, 0.25) is 5.95 Å². The highest BCUT2D eigenvalue weighted by molar-refractivity contribution is 5.79. The molecule has 24 heavy (non-hydrogen) atoms. The number of anilines is 1. The topological polar surface area (TPSA) is 68.7 Å². The van der Waals surface area contributed by atoms with Crippen LogP contribution in [0.1, 0.15) is 12.8 Å². The van der Waals surface area contributed by atoms with Crippen molar-refractivity contribution in [3.8, 4) is 0 Å². The van der Waals surface area contributed by atoms with Gasteiger partial charge < -0.3 is 14.4 Å². The Morgan fingerprint density at radius 1 is 1.25 bits per heavy atom. The average Bonchev–Trinajstić information content (AvgIpc) is 2.52. The van der Waals surface area contributed by atoms with E-state index in [1.165, 1.54) is 12.1 Å². The number of carbonyl (C=O) groups is 2. The average molecular weight is 350 g/mol. The van der Waals surface area contributed by atoms with E-state index in [9.17, 15) is 27.2 Å². The molecule has 1 saturated heterocycles. The van der Waals surface area contributed by atoms with Gasteiger partial charge in [0.05, 0.1) is 0 Å². The van der Waals surface area contributed by atoms with Gasteiger partial charge in [0.25, 0.3) is 0 Å². The van der Waals surface area contributed by atoms with Crippen LogP contribution in [0.25, 0.3) is 0 Å². The first-order chi connectivity index (χ1) is 11.3. The molecular weight excluding hydrogens is 336 g/mol. The van der Waals surface area contributed by atoms with Crippen molar-refractivity contribution in [1.82, 2.24) is 4.98 Å². The standard InChI is InChI=1S/C14H14F4N2O4/c15-10-2-1-3-11(19-10)20-6-4-9(5-7-20)24-12(21)8-23-13(22)14(16,17)18/h1-3,9H,4-8H2. The zero-order valence-electron chi connectivity index (χ0n) is 12.4. The Balaban J connectivity index is 1.75. The van der Waals surface area contributed by atoms with Gasteiger partial charge in [-0.25, -0.2) is 14.6 Å². The molecule has 10 heteroatoms. The van der Waals surface area contributed by atoms with Gasteiger partial charge in [-0.2, -0.15) is 17.6 Å². The van der Waals surface area contributed by atoms with Crippen molar-refractivity contribution < 1.29 is 36.6 Å². The predicted molar refractivity (Wildman–Crippen MR) is 72.5 cm³/mol. The van der Waals surface area contributed by atoms with Crippen molar-refractivity contribution in [3.05, 3.63) is 24.1 Å². The molecule has 0 aliphatic carbocycles. The quantitative estimate of drug-likeness (QED) is 0.469. The number of carbonyl (C=O) groups excluding carboxylic acids is 2. The number of nitrogens with zero attached hydrogens (tertiary/aromatic N) is 2. The van der Waals surface area contributed by atoms with Gasteiger partial charge in [-0.15, -0.1) is 0 Å². The molecule has 0 radical (unpaired) electrons. The molecule has 132 valence electrons. The zero-order valence-corrected chi connectivity index (χ0v) is 12.4. The summed E-state index contributed by atoms with van der Waals surface area (Å²) >= 11 is 0. The van der Waals surface area contributed by atoms with E-state index in [1.54, 1.807) is 11.0 Å². The number of rotatable bonds is 4. The number of halogens is 4. The Morgan fingerprint density at radius 2 is 1.92 bits per heavy atom. The second kappa shape index (κ2) is 7.45. The summed E-state index contributed by atoms with van der Waals surface area (Å²) in [5, 5.41) is 0. The van der Waals surface area contributed by atoms with Crippen molar-refractivity contribution in [2.45, 2.75) is 25.1 Å². The third-order valence-electron chi connectivity index (χ3n) is 3.32. The lowest BCUT2D eigenvalue weighted by Gasteiger charge is -2.32. The van der Waals surface area contributed by atoms with Crippen molar-refractivity contribution >= 4 is 17.8 Å². The van der Waals surface area contributed by atoms with E-state index in [0.29, 0.717) is 31.7 Å². The second-order valence-electron chi connectivity index (χ2n) is 5.07. The Morgan fingerprint density at radius 3 is 2.50 bits per heavy atom. The summed E-state index contributed by atoms with van der Waals surface area (Å²) in [6.45, 7) is -0.211. The van der Waals surface area contributed by atoms with E-state index in [1.807, 2.05) is 0 Å². The highest BCUT2D eigenvalue weighted by Crippen LogP contribution is 2.20. The highest BCUT2D eigenvalue weighted by Gasteiger charge is 2.41. The first kappa shape index (κ1) is 18.0. The summed E-state index contributed by atoms with van der Waals surface area (Å²) in [4.78, 5) is 27.4. The van der Waals surface area contributed by atoms with Gasteiger partial charge in [-0.1, -0.05) is 6.07 Å². The number of hydrogen-bond acceptors (Lipinski definition) is 6. The zero-order chi connectivity index (χ0) is 17.7. The smallest absolute Gasteiger partial charge is 0.460 e. The van der Waals surface area contributed by atoms with Crippen LogP contribution in [-0.2, 0) is 19.1 Å². The number of hydrogen-bond donors (Lipinski definition) is 0. The van der Waals surface area contributed by atoms with Crippen LogP contribution in [0, 0.1) is 5.95 Å². The third kappa shape index (κ3) is 5.07. The van der Waals surface area contributed by atoms with Crippen LogP contribution in [0.15, 0.2) is 18.2 Å². The van der Waals surface area contributed by atoms with Crippen molar-refractivity contribution in [2.24, 2.45) is 0 Å². The second-order valence-corrected chi connectivity index (χ2v) is 5.07. The molecule has 1 aromatic heterocycles. The maximum absolute atomic E-state index is 13.1. The van der Waals surface area contributed by atoms with E-state index >= 15 is 0 Å². The highest BCUT2D eigenvalue weighted by atomic mass is 19.4. The Hall–Kier alpha value is -2.39.